The Morgan fingerprint density at radius 3 is 2.75 bits per heavy atom. The Morgan fingerprint density at radius 1 is 1.50 bits per heavy atom. The summed E-state index contributed by atoms with van der Waals surface area (Å²) in [5.41, 5.74) is 1.25. The smallest absolute Gasteiger partial charge is 0.0876 e. The van der Waals surface area contributed by atoms with E-state index in [4.69, 9.17) is 9.47 Å². The van der Waals surface area contributed by atoms with Gasteiger partial charge >= 0.3 is 0 Å². The third-order valence-corrected chi connectivity index (χ3v) is 2.54. The molecule has 0 aliphatic carbocycles. The molecule has 0 saturated carbocycles. The molecule has 0 aromatic heterocycles. The molecule has 3 heteroatoms. The molecule has 0 amide bonds. The third-order valence-electron chi connectivity index (χ3n) is 2.54. The minimum Gasteiger partial charge on any atom is -0.501 e. The van der Waals surface area contributed by atoms with Crippen molar-refractivity contribution in [3.05, 3.63) is 11.8 Å². The Kier molecular flexibility index (Phi) is 5.29. The first kappa shape index (κ1) is 13.5. The fourth-order valence-electron chi connectivity index (χ4n) is 1.72. The first-order valence-corrected chi connectivity index (χ1v) is 6.21. The SMILES string of the molecule is CCNC(COC(C)(C)C)C1=COCCC1. The van der Waals surface area contributed by atoms with Crippen LogP contribution in [-0.2, 0) is 9.47 Å². The molecule has 1 unspecified atom stereocenters. The number of ether oxygens (including phenoxy) is 2. The second-order valence-corrected chi connectivity index (χ2v) is 5.20. The van der Waals surface area contributed by atoms with Crippen molar-refractivity contribution < 1.29 is 9.47 Å². The lowest BCUT2D eigenvalue weighted by atomic mass is 10.0. The maximum Gasteiger partial charge on any atom is 0.0876 e. The van der Waals surface area contributed by atoms with E-state index in [1.165, 1.54) is 5.57 Å². The minimum absolute atomic E-state index is 0.0796. The van der Waals surface area contributed by atoms with E-state index in [9.17, 15) is 0 Å². The first-order valence-electron chi connectivity index (χ1n) is 6.21. The van der Waals surface area contributed by atoms with Gasteiger partial charge in [-0.1, -0.05) is 6.92 Å². The molecule has 0 radical (unpaired) electrons. The zero-order valence-electron chi connectivity index (χ0n) is 11.0. The fourth-order valence-corrected chi connectivity index (χ4v) is 1.72. The monoisotopic (exact) mass is 227 g/mol. The van der Waals surface area contributed by atoms with Crippen LogP contribution in [0.4, 0.5) is 0 Å². The van der Waals surface area contributed by atoms with E-state index >= 15 is 0 Å². The van der Waals surface area contributed by atoms with Gasteiger partial charge in [-0.2, -0.15) is 0 Å². The zero-order chi connectivity index (χ0) is 12.0. The number of likely N-dealkylation sites (N-methyl/N-ethyl adjacent to an activating group) is 1. The van der Waals surface area contributed by atoms with Crippen molar-refractivity contribution in [2.45, 2.75) is 52.2 Å². The predicted molar refractivity (Wildman–Crippen MR) is 66.4 cm³/mol. The fraction of sp³-hybridized carbons (Fsp3) is 0.846. The Balaban J connectivity index is 2.49. The molecule has 16 heavy (non-hydrogen) atoms. The van der Waals surface area contributed by atoms with Crippen molar-refractivity contribution in [1.82, 2.24) is 5.32 Å². The van der Waals surface area contributed by atoms with Crippen molar-refractivity contribution in [3.63, 3.8) is 0 Å². The molecular formula is C13H25NO2. The molecule has 1 aliphatic heterocycles. The summed E-state index contributed by atoms with van der Waals surface area (Å²) in [6.07, 6.45) is 4.14. The average molecular weight is 227 g/mol. The van der Waals surface area contributed by atoms with Crippen LogP contribution < -0.4 is 5.32 Å². The number of hydrogen-bond acceptors (Lipinski definition) is 3. The third kappa shape index (κ3) is 4.99. The molecule has 1 rings (SSSR count). The average Bonchev–Trinajstić information content (AvgIpc) is 2.24. The zero-order valence-corrected chi connectivity index (χ0v) is 11.0. The standard InChI is InChI=1S/C13H25NO2/c1-5-14-12(10-16-13(2,3)4)11-7-6-8-15-9-11/h9,12,14H,5-8,10H2,1-4H3. The van der Waals surface area contributed by atoms with Gasteiger partial charge in [0.25, 0.3) is 0 Å². The summed E-state index contributed by atoms with van der Waals surface area (Å²) >= 11 is 0. The van der Waals surface area contributed by atoms with Crippen molar-refractivity contribution in [1.29, 1.82) is 0 Å². The maximum atomic E-state index is 5.84. The van der Waals surface area contributed by atoms with Crippen LogP contribution in [0.25, 0.3) is 0 Å². The van der Waals surface area contributed by atoms with Crippen molar-refractivity contribution in [2.24, 2.45) is 0 Å². The largest absolute Gasteiger partial charge is 0.501 e. The van der Waals surface area contributed by atoms with Crippen LogP contribution in [0.15, 0.2) is 11.8 Å². The van der Waals surface area contributed by atoms with Gasteiger partial charge in [-0.15, -0.1) is 0 Å². The summed E-state index contributed by atoms with van der Waals surface area (Å²) in [6, 6.07) is 0.296. The molecule has 1 N–H and O–H groups in total. The van der Waals surface area contributed by atoms with E-state index in [1.54, 1.807) is 0 Å². The van der Waals surface area contributed by atoms with Gasteiger partial charge in [-0.05, 0) is 45.7 Å². The maximum absolute atomic E-state index is 5.84. The number of hydrogen-bond donors (Lipinski definition) is 1. The van der Waals surface area contributed by atoms with E-state index < -0.39 is 0 Å². The quantitative estimate of drug-likeness (QED) is 0.782. The second kappa shape index (κ2) is 6.26. The van der Waals surface area contributed by atoms with Gasteiger partial charge in [0.2, 0.25) is 0 Å². The Bertz CT molecular complexity index is 231. The molecule has 1 atom stereocenters. The van der Waals surface area contributed by atoms with Crippen LogP contribution in [0, 0.1) is 0 Å². The van der Waals surface area contributed by atoms with Crippen LogP contribution >= 0.6 is 0 Å². The molecule has 0 aromatic rings. The summed E-state index contributed by atoms with van der Waals surface area (Å²) in [6.45, 7) is 10.9. The molecule has 0 spiro atoms. The van der Waals surface area contributed by atoms with Crippen molar-refractivity contribution >= 4 is 0 Å². The van der Waals surface area contributed by atoms with Gasteiger partial charge in [-0.25, -0.2) is 0 Å². The van der Waals surface area contributed by atoms with E-state index in [1.807, 2.05) is 6.26 Å². The molecule has 0 fully saturated rings. The highest BCUT2D eigenvalue weighted by atomic mass is 16.5. The number of rotatable bonds is 5. The lowest BCUT2D eigenvalue weighted by Crippen LogP contribution is -2.38. The summed E-state index contributed by atoms with van der Waals surface area (Å²) in [5.74, 6) is 0. The van der Waals surface area contributed by atoms with Gasteiger partial charge in [0.15, 0.2) is 0 Å². The lowest BCUT2D eigenvalue weighted by molar-refractivity contribution is -0.0111. The Hall–Kier alpha value is -0.540. The molecule has 0 bridgehead atoms. The van der Waals surface area contributed by atoms with Crippen molar-refractivity contribution in [2.75, 3.05) is 19.8 Å². The van der Waals surface area contributed by atoms with Gasteiger partial charge in [0.05, 0.1) is 31.1 Å². The molecule has 1 aliphatic rings. The van der Waals surface area contributed by atoms with E-state index in [-0.39, 0.29) is 5.60 Å². The minimum atomic E-state index is -0.0796. The topological polar surface area (TPSA) is 30.5 Å². The van der Waals surface area contributed by atoms with Crippen LogP contribution in [0.2, 0.25) is 0 Å². The highest BCUT2D eigenvalue weighted by Crippen LogP contribution is 2.18. The summed E-state index contributed by atoms with van der Waals surface area (Å²) in [4.78, 5) is 0. The van der Waals surface area contributed by atoms with Crippen molar-refractivity contribution in [3.8, 4) is 0 Å². The van der Waals surface area contributed by atoms with E-state index in [0.29, 0.717) is 12.6 Å². The van der Waals surface area contributed by atoms with Gasteiger partial charge in [-0.3, -0.25) is 0 Å². The van der Waals surface area contributed by atoms with E-state index in [0.717, 1.165) is 26.0 Å². The Labute approximate surface area is 99.2 Å². The highest BCUT2D eigenvalue weighted by molar-refractivity contribution is 5.10. The second-order valence-electron chi connectivity index (χ2n) is 5.20. The van der Waals surface area contributed by atoms with Gasteiger partial charge in [0.1, 0.15) is 0 Å². The highest BCUT2D eigenvalue weighted by Gasteiger charge is 2.19. The molecule has 0 aromatic carbocycles. The number of nitrogens with one attached hydrogen (secondary N) is 1. The summed E-state index contributed by atoms with van der Waals surface area (Å²) < 4.78 is 11.2. The Morgan fingerprint density at radius 2 is 2.25 bits per heavy atom. The molecule has 94 valence electrons. The summed E-state index contributed by atoms with van der Waals surface area (Å²) in [5, 5.41) is 3.45. The normalized spacial score (nSPS) is 18.9. The molecule has 3 nitrogen and oxygen atoms in total. The van der Waals surface area contributed by atoms with Crippen LogP contribution in [0.5, 0.6) is 0 Å². The molecule has 0 saturated heterocycles. The molecular weight excluding hydrogens is 202 g/mol. The first-order chi connectivity index (χ1) is 7.53. The summed E-state index contributed by atoms with van der Waals surface area (Å²) in [7, 11) is 0. The predicted octanol–water partition coefficient (Wildman–Crippen LogP) is 2.47. The van der Waals surface area contributed by atoms with Crippen LogP contribution in [0.1, 0.15) is 40.5 Å². The lowest BCUT2D eigenvalue weighted by Gasteiger charge is -2.28. The van der Waals surface area contributed by atoms with Crippen LogP contribution in [-0.4, -0.2) is 31.4 Å². The van der Waals surface area contributed by atoms with Gasteiger partial charge in [0, 0.05) is 0 Å². The van der Waals surface area contributed by atoms with E-state index in [2.05, 4.69) is 33.0 Å². The van der Waals surface area contributed by atoms with Gasteiger partial charge < -0.3 is 14.8 Å². The molecule has 1 heterocycles. The van der Waals surface area contributed by atoms with Crippen LogP contribution in [0.3, 0.4) is 0 Å².